The van der Waals surface area contributed by atoms with Gasteiger partial charge in [-0.1, -0.05) is 12.1 Å². The Bertz CT molecular complexity index is 1400. The van der Waals surface area contributed by atoms with Crippen LogP contribution in [0.5, 0.6) is 0 Å². The summed E-state index contributed by atoms with van der Waals surface area (Å²) in [6.45, 7) is 10.4. The van der Waals surface area contributed by atoms with Crippen molar-refractivity contribution in [2.24, 2.45) is 5.92 Å². The SMILES string of the molecule is CCN(CC)C(=O)C1CCN(C(=O)c2ccc3c(=O)n(-c4cccc(C)c4C)c(=S)[nH]c3c2)CC1. The number of nitrogens with zero attached hydrogens (tertiary/aromatic N) is 3. The molecule has 2 heterocycles. The molecule has 184 valence electrons. The first kappa shape index (κ1) is 24.9. The molecule has 0 aliphatic carbocycles. The number of carbonyl (C=O) groups is 2. The molecule has 2 amide bonds. The number of carbonyl (C=O) groups excluding carboxylic acids is 2. The molecule has 0 radical (unpaired) electrons. The van der Waals surface area contributed by atoms with E-state index in [1.807, 2.05) is 50.8 Å². The molecule has 1 aliphatic heterocycles. The summed E-state index contributed by atoms with van der Waals surface area (Å²) < 4.78 is 1.80. The molecule has 1 aliphatic rings. The second kappa shape index (κ2) is 10.2. The van der Waals surface area contributed by atoms with Crippen LogP contribution in [0.4, 0.5) is 0 Å². The van der Waals surface area contributed by atoms with Crippen molar-refractivity contribution in [2.45, 2.75) is 40.5 Å². The number of fused-ring (bicyclic) bond motifs is 1. The number of benzene rings is 2. The van der Waals surface area contributed by atoms with E-state index in [4.69, 9.17) is 12.2 Å². The zero-order chi connectivity index (χ0) is 25.3. The zero-order valence-electron chi connectivity index (χ0n) is 20.8. The molecule has 1 saturated heterocycles. The molecule has 0 saturated carbocycles. The Morgan fingerprint density at radius 2 is 1.77 bits per heavy atom. The smallest absolute Gasteiger partial charge is 0.266 e. The average Bonchev–Trinajstić information content (AvgIpc) is 2.86. The molecule has 0 bridgehead atoms. The molecule has 1 aromatic heterocycles. The van der Waals surface area contributed by atoms with E-state index in [2.05, 4.69) is 4.98 Å². The zero-order valence-corrected chi connectivity index (χ0v) is 21.6. The molecule has 8 heteroatoms. The van der Waals surface area contributed by atoms with Crippen molar-refractivity contribution in [3.63, 3.8) is 0 Å². The highest BCUT2D eigenvalue weighted by Crippen LogP contribution is 2.23. The number of hydrogen-bond acceptors (Lipinski definition) is 4. The van der Waals surface area contributed by atoms with Gasteiger partial charge < -0.3 is 14.8 Å². The fourth-order valence-corrected chi connectivity index (χ4v) is 5.14. The summed E-state index contributed by atoms with van der Waals surface area (Å²) in [5.74, 6) is 0.0503. The van der Waals surface area contributed by atoms with E-state index in [1.165, 1.54) is 4.57 Å². The molecule has 1 fully saturated rings. The summed E-state index contributed by atoms with van der Waals surface area (Å²) in [6.07, 6.45) is 1.33. The Hall–Kier alpha value is -3.26. The van der Waals surface area contributed by atoms with Crippen LogP contribution >= 0.6 is 12.2 Å². The highest BCUT2D eigenvalue weighted by atomic mass is 32.1. The highest BCUT2D eigenvalue weighted by molar-refractivity contribution is 7.71. The third-order valence-electron chi connectivity index (χ3n) is 7.17. The molecule has 0 atom stereocenters. The Labute approximate surface area is 210 Å². The van der Waals surface area contributed by atoms with Gasteiger partial charge in [-0.2, -0.15) is 0 Å². The van der Waals surface area contributed by atoms with E-state index >= 15 is 0 Å². The normalized spacial score (nSPS) is 14.3. The maximum atomic E-state index is 13.3. The van der Waals surface area contributed by atoms with Crippen molar-refractivity contribution < 1.29 is 9.59 Å². The number of aromatic nitrogens is 2. The van der Waals surface area contributed by atoms with Crippen LogP contribution in [0.1, 0.15) is 48.2 Å². The molecule has 4 rings (SSSR count). The topological polar surface area (TPSA) is 78.4 Å². The van der Waals surface area contributed by atoms with Crippen molar-refractivity contribution in [3.05, 3.63) is 68.2 Å². The van der Waals surface area contributed by atoms with Gasteiger partial charge in [0.25, 0.3) is 11.5 Å². The van der Waals surface area contributed by atoms with Crippen LogP contribution in [0.2, 0.25) is 0 Å². The van der Waals surface area contributed by atoms with Gasteiger partial charge in [-0.25, -0.2) is 0 Å². The summed E-state index contributed by atoms with van der Waals surface area (Å²) >= 11 is 5.54. The number of aryl methyl sites for hydroxylation is 1. The maximum Gasteiger partial charge on any atom is 0.266 e. The van der Waals surface area contributed by atoms with Crippen LogP contribution in [0, 0.1) is 24.5 Å². The van der Waals surface area contributed by atoms with Gasteiger partial charge in [-0.05, 0) is 88.1 Å². The number of likely N-dealkylation sites (tertiary alicyclic amines) is 1. The summed E-state index contributed by atoms with van der Waals surface area (Å²) in [5, 5.41) is 0.472. The van der Waals surface area contributed by atoms with Crippen molar-refractivity contribution in [1.29, 1.82) is 0 Å². The Morgan fingerprint density at radius 3 is 2.43 bits per heavy atom. The number of hydrogen-bond donors (Lipinski definition) is 1. The lowest BCUT2D eigenvalue weighted by Crippen LogP contribution is -2.44. The second-order valence-corrected chi connectivity index (χ2v) is 9.51. The van der Waals surface area contributed by atoms with Gasteiger partial charge in [0.15, 0.2) is 4.77 Å². The van der Waals surface area contributed by atoms with E-state index in [1.54, 1.807) is 23.1 Å². The van der Waals surface area contributed by atoms with Gasteiger partial charge in [0, 0.05) is 37.7 Å². The first-order valence-corrected chi connectivity index (χ1v) is 12.6. The predicted molar refractivity (Wildman–Crippen MR) is 141 cm³/mol. The van der Waals surface area contributed by atoms with Crippen LogP contribution in [-0.2, 0) is 4.79 Å². The van der Waals surface area contributed by atoms with Gasteiger partial charge in [0.1, 0.15) is 0 Å². The lowest BCUT2D eigenvalue weighted by Gasteiger charge is -2.33. The van der Waals surface area contributed by atoms with Crippen molar-refractivity contribution >= 4 is 34.9 Å². The van der Waals surface area contributed by atoms with Crippen LogP contribution in [-0.4, -0.2) is 57.3 Å². The first-order chi connectivity index (χ1) is 16.8. The molecule has 0 unspecified atom stereocenters. The van der Waals surface area contributed by atoms with E-state index in [0.717, 1.165) is 16.8 Å². The van der Waals surface area contributed by atoms with Gasteiger partial charge in [0.05, 0.1) is 16.6 Å². The second-order valence-electron chi connectivity index (χ2n) is 9.13. The molecule has 35 heavy (non-hydrogen) atoms. The van der Waals surface area contributed by atoms with Gasteiger partial charge in [0.2, 0.25) is 5.91 Å². The number of nitrogens with one attached hydrogen (secondary N) is 1. The summed E-state index contributed by atoms with van der Waals surface area (Å²) in [7, 11) is 0. The molecule has 1 N–H and O–H groups in total. The van der Waals surface area contributed by atoms with Gasteiger partial charge >= 0.3 is 0 Å². The minimum absolute atomic E-state index is 0.0322. The standard InChI is InChI=1S/C27H32N4O3S/c1-5-29(6-2)24(32)19-12-14-30(15-13-19)25(33)20-10-11-21-22(16-20)28-27(35)31(26(21)34)23-9-7-8-17(3)18(23)4/h7-11,16,19H,5-6,12-15H2,1-4H3,(H,28,35). The van der Waals surface area contributed by atoms with Crippen molar-refractivity contribution in [2.75, 3.05) is 26.2 Å². The molecule has 7 nitrogen and oxygen atoms in total. The quantitative estimate of drug-likeness (QED) is 0.536. The monoisotopic (exact) mass is 492 g/mol. The summed E-state index contributed by atoms with van der Waals surface area (Å²) in [5.41, 5.74) is 3.64. The summed E-state index contributed by atoms with van der Waals surface area (Å²) in [4.78, 5) is 46.0. The minimum Gasteiger partial charge on any atom is -0.343 e. The third kappa shape index (κ3) is 4.67. The molecule has 3 aromatic rings. The third-order valence-corrected chi connectivity index (χ3v) is 7.45. The van der Waals surface area contributed by atoms with Crippen LogP contribution < -0.4 is 5.56 Å². The Kier molecular flexibility index (Phi) is 7.21. The highest BCUT2D eigenvalue weighted by Gasteiger charge is 2.30. The minimum atomic E-state index is -0.216. The number of aromatic amines is 1. The number of piperidine rings is 1. The number of H-pyrrole nitrogens is 1. The Morgan fingerprint density at radius 1 is 1.09 bits per heavy atom. The van der Waals surface area contributed by atoms with Gasteiger partial charge in [-0.15, -0.1) is 0 Å². The van der Waals surface area contributed by atoms with E-state index in [-0.39, 0.29) is 28.1 Å². The van der Waals surface area contributed by atoms with Crippen molar-refractivity contribution in [1.82, 2.24) is 19.4 Å². The largest absolute Gasteiger partial charge is 0.343 e. The fourth-order valence-electron chi connectivity index (χ4n) is 4.85. The summed E-state index contributed by atoms with van der Waals surface area (Å²) in [6, 6.07) is 10.9. The lowest BCUT2D eigenvalue weighted by atomic mass is 9.94. The number of rotatable bonds is 5. The molecule has 2 aromatic carbocycles. The van der Waals surface area contributed by atoms with Gasteiger partial charge in [-0.3, -0.25) is 19.0 Å². The molecule has 0 spiro atoms. The van der Waals surface area contributed by atoms with Crippen LogP contribution in [0.25, 0.3) is 16.6 Å². The van der Waals surface area contributed by atoms with E-state index in [0.29, 0.717) is 55.5 Å². The van der Waals surface area contributed by atoms with E-state index < -0.39 is 0 Å². The van der Waals surface area contributed by atoms with Crippen LogP contribution in [0.15, 0.2) is 41.2 Å². The molecular weight excluding hydrogens is 460 g/mol. The lowest BCUT2D eigenvalue weighted by molar-refractivity contribution is -0.136. The molecular formula is C27H32N4O3S. The van der Waals surface area contributed by atoms with Crippen LogP contribution in [0.3, 0.4) is 0 Å². The first-order valence-electron chi connectivity index (χ1n) is 12.2. The van der Waals surface area contributed by atoms with Crippen molar-refractivity contribution in [3.8, 4) is 5.69 Å². The average molecular weight is 493 g/mol. The Balaban J connectivity index is 1.58. The number of amides is 2. The predicted octanol–water partition coefficient (Wildman–Crippen LogP) is 4.39. The van der Waals surface area contributed by atoms with E-state index in [9.17, 15) is 14.4 Å². The fraction of sp³-hybridized carbons (Fsp3) is 0.407. The maximum absolute atomic E-state index is 13.3.